The summed E-state index contributed by atoms with van der Waals surface area (Å²) in [7, 11) is 0.390. The first-order valence-electron chi connectivity index (χ1n) is 0.858. The van der Waals surface area contributed by atoms with Gasteiger partial charge in [-0.3, -0.25) is 0 Å². The van der Waals surface area contributed by atoms with Crippen LogP contribution in [0.2, 0.25) is 0 Å². The van der Waals surface area contributed by atoms with Crippen LogP contribution in [0.5, 0.6) is 0 Å². The molecule has 2 atom stereocenters. The van der Waals surface area contributed by atoms with Gasteiger partial charge in [-0.25, -0.2) is 0 Å². The Kier molecular flexibility index (Phi) is 16.9. The maximum atomic E-state index is 10.7. The van der Waals surface area contributed by atoms with E-state index < -0.39 is 0 Å². The number of rotatable bonds is 1. The van der Waals surface area contributed by atoms with Crippen molar-refractivity contribution in [3.63, 3.8) is 0 Å². The van der Waals surface area contributed by atoms with Crippen LogP contribution in [0.15, 0.2) is 0 Å². The SMILES string of the molecule is CPSF.P. The standard InChI is InChI=1S/CH4FPS.H3P/c1-3-4-2;/h3H,1H3;1H3. The molecule has 0 N–H and O–H groups in total. The lowest BCUT2D eigenvalue weighted by Crippen LogP contribution is -1.12. The summed E-state index contributed by atoms with van der Waals surface area (Å²) in [6, 6.07) is 0. The van der Waals surface area contributed by atoms with Crippen LogP contribution in [-0.4, -0.2) is 6.66 Å². The van der Waals surface area contributed by atoms with E-state index >= 15 is 0 Å². The minimum atomic E-state index is 0. The Morgan fingerprint density at radius 2 is 2.00 bits per heavy atom. The first-order chi connectivity index (χ1) is 1.91. The van der Waals surface area contributed by atoms with Gasteiger partial charge in [-0.2, -0.15) is 13.8 Å². The molecule has 0 saturated heterocycles. The van der Waals surface area contributed by atoms with E-state index in [-0.39, 0.29) is 9.90 Å². The second-order valence-electron chi connectivity index (χ2n) is 0.281. The third-order valence-electron chi connectivity index (χ3n) is 0.0772. The van der Waals surface area contributed by atoms with E-state index in [1.54, 1.807) is 6.66 Å². The molecular formula is CH7FP2S. The Bertz CT molecular complexity index is 11.6. The summed E-state index contributed by atoms with van der Waals surface area (Å²) in [5.41, 5.74) is 0. The Balaban J connectivity index is 0. The zero-order chi connectivity index (χ0) is 3.41. The predicted molar refractivity (Wildman–Crippen MR) is 34.0 cm³/mol. The van der Waals surface area contributed by atoms with Crippen LogP contribution in [0.3, 0.4) is 0 Å². The van der Waals surface area contributed by atoms with Gasteiger partial charge in [-0.05, 0) is 14.4 Å². The Morgan fingerprint density at radius 1 is 1.80 bits per heavy atom. The molecule has 0 amide bonds. The molecule has 0 aliphatic carbocycles. The fraction of sp³-hybridized carbons (Fsp3) is 1.00. The lowest BCUT2D eigenvalue weighted by atomic mass is 12.0. The van der Waals surface area contributed by atoms with Crippen molar-refractivity contribution < 1.29 is 3.89 Å². The fourth-order valence-corrected chi connectivity index (χ4v) is 0. The molecule has 0 spiro atoms. The largest absolute Gasteiger partial charge is 0.161 e. The first-order valence-corrected chi connectivity index (χ1v) is 3.80. The van der Waals surface area contributed by atoms with Gasteiger partial charge >= 0.3 is 0 Å². The molecule has 2 unspecified atom stereocenters. The van der Waals surface area contributed by atoms with Crippen LogP contribution in [0.25, 0.3) is 0 Å². The van der Waals surface area contributed by atoms with E-state index in [4.69, 9.17) is 0 Å². The first kappa shape index (κ1) is 9.46. The Hall–Kier alpha value is 1.14. The Morgan fingerprint density at radius 3 is 2.00 bits per heavy atom. The summed E-state index contributed by atoms with van der Waals surface area (Å²) < 4.78 is 10.7. The molecule has 0 rings (SSSR count). The van der Waals surface area contributed by atoms with E-state index in [1.807, 2.05) is 0 Å². The van der Waals surface area contributed by atoms with Gasteiger partial charge in [0.1, 0.15) is 0 Å². The van der Waals surface area contributed by atoms with Gasteiger partial charge in [0.05, 0.1) is 11.8 Å². The zero-order valence-corrected chi connectivity index (χ0v) is 6.22. The minimum absolute atomic E-state index is 0. The predicted octanol–water partition coefficient (Wildman–Crippen LogP) is 1.89. The Labute approximate surface area is 40.7 Å². The average Bonchev–Trinajstić information content (AvgIpc) is 1.37. The van der Waals surface area contributed by atoms with Crippen LogP contribution in [0.4, 0.5) is 3.89 Å². The molecule has 0 aliphatic heterocycles. The summed E-state index contributed by atoms with van der Waals surface area (Å²) in [5.74, 6) is 0. The van der Waals surface area contributed by atoms with Gasteiger partial charge in [-0.1, -0.05) is 0 Å². The highest BCUT2D eigenvalue weighted by Gasteiger charge is 1.61. The molecule has 0 nitrogen and oxygen atoms in total. The second kappa shape index (κ2) is 8.94. The van der Waals surface area contributed by atoms with E-state index in [9.17, 15) is 3.89 Å². The average molecular weight is 132 g/mol. The highest BCUT2D eigenvalue weighted by molar-refractivity contribution is 8.46. The van der Waals surface area contributed by atoms with Crippen LogP contribution < -0.4 is 0 Å². The smallest absolute Gasteiger partial charge is 0.0665 e. The summed E-state index contributed by atoms with van der Waals surface area (Å²) in [4.78, 5) is 0. The molecule has 0 fully saturated rings. The molecule has 0 heterocycles. The van der Waals surface area contributed by atoms with E-state index in [0.717, 1.165) is 0 Å². The van der Waals surface area contributed by atoms with Gasteiger partial charge in [0.25, 0.3) is 0 Å². The maximum Gasteiger partial charge on any atom is 0.0665 e. The quantitative estimate of drug-likeness (QED) is 0.491. The van der Waals surface area contributed by atoms with Gasteiger partial charge in [0.2, 0.25) is 0 Å². The van der Waals surface area contributed by atoms with E-state index in [2.05, 4.69) is 0 Å². The summed E-state index contributed by atoms with van der Waals surface area (Å²) in [5, 5.41) is 0. The lowest BCUT2D eigenvalue weighted by molar-refractivity contribution is 0.953. The normalized spacial score (nSPS) is 8.40. The van der Waals surface area contributed by atoms with Crippen molar-refractivity contribution in [1.29, 1.82) is 0 Å². The fourth-order valence-electron chi connectivity index (χ4n) is 0. The number of hydrogen-bond acceptors (Lipinski definition) is 1. The second-order valence-corrected chi connectivity index (χ2v) is 2.53. The molecule has 4 heteroatoms. The molecule has 0 aromatic rings. The maximum absolute atomic E-state index is 10.7. The summed E-state index contributed by atoms with van der Waals surface area (Å²) in [6.45, 7) is 1.80. The van der Waals surface area contributed by atoms with Crippen molar-refractivity contribution in [2.45, 2.75) is 0 Å². The molecule has 5 heavy (non-hydrogen) atoms. The molecule has 0 radical (unpaired) electrons. The van der Waals surface area contributed by atoms with Crippen molar-refractivity contribution in [2.75, 3.05) is 6.66 Å². The van der Waals surface area contributed by atoms with Crippen molar-refractivity contribution in [3.05, 3.63) is 0 Å². The minimum Gasteiger partial charge on any atom is -0.161 e. The highest BCUT2D eigenvalue weighted by atomic mass is 32.7. The molecule has 0 aliphatic rings. The highest BCUT2D eigenvalue weighted by Crippen LogP contribution is 2.24. The summed E-state index contributed by atoms with van der Waals surface area (Å²) >= 11 is 0.384. The van der Waals surface area contributed by atoms with Crippen LogP contribution in [-0.2, 0) is 0 Å². The third-order valence-corrected chi connectivity index (χ3v) is 0.694. The van der Waals surface area contributed by atoms with Gasteiger partial charge in [0, 0.05) is 0 Å². The van der Waals surface area contributed by atoms with E-state index in [1.165, 1.54) is 0 Å². The van der Waals surface area contributed by atoms with Crippen molar-refractivity contribution in [1.82, 2.24) is 0 Å². The van der Waals surface area contributed by atoms with Gasteiger partial charge in [0.15, 0.2) is 0 Å². The number of halogens is 1. The number of hydrogen-bond donors (Lipinski definition) is 0. The lowest BCUT2D eigenvalue weighted by Gasteiger charge is -1.63. The van der Waals surface area contributed by atoms with Crippen molar-refractivity contribution in [3.8, 4) is 0 Å². The molecule has 34 valence electrons. The molecule has 0 aromatic heterocycles. The van der Waals surface area contributed by atoms with Crippen LogP contribution in [0.1, 0.15) is 0 Å². The monoisotopic (exact) mass is 132 g/mol. The van der Waals surface area contributed by atoms with Gasteiger partial charge in [-0.15, -0.1) is 0 Å². The zero-order valence-electron chi connectivity index (χ0n) is 2.99. The van der Waals surface area contributed by atoms with Crippen LogP contribution >= 0.6 is 29.4 Å². The molecule has 0 aromatic carbocycles. The van der Waals surface area contributed by atoms with Crippen LogP contribution in [0, 0.1) is 0 Å². The molecular weight excluding hydrogens is 125 g/mol. The van der Waals surface area contributed by atoms with E-state index in [0.29, 0.717) is 19.6 Å². The topological polar surface area (TPSA) is 0 Å². The molecule has 0 bridgehead atoms. The third kappa shape index (κ3) is 11.1. The van der Waals surface area contributed by atoms with Gasteiger partial charge < -0.3 is 0 Å². The molecule has 0 saturated carbocycles. The van der Waals surface area contributed by atoms with Crippen molar-refractivity contribution >= 4 is 29.4 Å². The summed E-state index contributed by atoms with van der Waals surface area (Å²) in [6.07, 6.45) is 0. The van der Waals surface area contributed by atoms with Crippen molar-refractivity contribution in [2.24, 2.45) is 0 Å².